The number of ketones is 1. The van der Waals surface area contributed by atoms with E-state index in [1.165, 1.54) is 0 Å². The van der Waals surface area contributed by atoms with Crippen LogP contribution in [-0.2, 0) is 9.59 Å². The lowest BCUT2D eigenvalue weighted by Crippen LogP contribution is -2.40. The van der Waals surface area contributed by atoms with Gasteiger partial charge in [0.2, 0.25) is 6.41 Å². The standard InChI is InChI=1S/C17H31N3O2/c1-14(9-6-4-5-7-11-19(3)18)17(15(2)22)16-10-8-12-20(16)13-21/h6,9,13-14,16-17H,4-5,7-8,10-12,18H2,1-3H3/b9-6-. The summed E-state index contributed by atoms with van der Waals surface area (Å²) in [6, 6.07) is 0.0699. The lowest BCUT2D eigenvalue weighted by Gasteiger charge is -2.30. The second-order valence-corrected chi connectivity index (χ2v) is 6.45. The molecule has 2 N–H and O–H groups in total. The number of carbonyl (C=O) groups is 2. The van der Waals surface area contributed by atoms with Crippen molar-refractivity contribution in [1.82, 2.24) is 9.91 Å². The van der Waals surface area contributed by atoms with Gasteiger partial charge in [0.1, 0.15) is 5.78 Å². The molecule has 0 aromatic rings. The number of hydrogen-bond acceptors (Lipinski definition) is 4. The highest BCUT2D eigenvalue weighted by Crippen LogP contribution is 2.29. The van der Waals surface area contributed by atoms with Crippen LogP contribution in [0.15, 0.2) is 12.2 Å². The first-order valence-electron chi connectivity index (χ1n) is 8.31. The Balaban J connectivity index is 2.49. The number of Topliss-reactive ketones (excluding diaryl/α,β-unsaturated/α-hetero) is 1. The fourth-order valence-electron chi connectivity index (χ4n) is 3.38. The van der Waals surface area contributed by atoms with Crippen LogP contribution >= 0.6 is 0 Å². The molecule has 0 saturated carbocycles. The molecule has 0 aliphatic carbocycles. The molecular formula is C17H31N3O2. The minimum atomic E-state index is -0.0841. The third-order valence-electron chi connectivity index (χ3n) is 4.50. The number of hydrazine groups is 1. The van der Waals surface area contributed by atoms with Gasteiger partial charge in [0.15, 0.2) is 0 Å². The van der Waals surface area contributed by atoms with Crippen molar-refractivity contribution in [3.05, 3.63) is 12.2 Å². The Bertz CT molecular complexity index is 382. The van der Waals surface area contributed by atoms with Crippen molar-refractivity contribution >= 4 is 12.2 Å². The summed E-state index contributed by atoms with van der Waals surface area (Å²) in [5, 5.41) is 1.70. The summed E-state index contributed by atoms with van der Waals surface area (Å²) in [4.78, 5) is 25.0. The minimum Gasteiger partial charge on any atom is -0.342 e. The molecule has 1 aliphatic rings. The van der Waals surface area contributed by atoms with Gasteiger partial charge >= 0.3 is 0 Å². The molecule has 1 amide bonds. The van der Waals surface area contributed by atoms with Crippen molar-refractivity contribution in [1.29, 1.82) is 0 Å². The maximum absolute atomic E-state index is 12.0. The SMILES string of the molecule is CC(=O)C(C(C)/C=C\CCCCN(C)N)C1CCCN1C=O. The molecule has 1 saturated heterocycles. The van der Waals surface area contributed by atoms with Crippen LogP contribution in [0.4, 0.5) is 0 Å². The van der Waals surface area contributed by atoms with Crippen molar-refractivity contribution in [3.63, 3.8) is 0 Å². The Morgan fingerprint density at radius 1 is 1.45 bits per heavy atom. The fraction of sp³-hybridized carbons (Fsp3) is 0.765. The predicted octanol–water partition coefficient (Wildman–Crippen LogP) is 1.98. The highest BCUT2D eigenvalue weighted by molar-refractivity contribution is 5.80. The van der Waals surface area contributed by atoms with Crippen molar-refractivity contribution < 1.29 is 9.59 Å². The van der Waals surface area contributed by atoms with E-state index in [0.29, 0.717) is 0 Å². The Morgan fingerprint density at radius 3 is 2.77 bits per heavy atom. The molecule has 3 atom stereocenters. The number of unbranched alkanes of at least 4 members (excludes halogenated alkanes) is 2. The first-order chi connectivity index (χ1) is 10.5. The zero-order valence-corrected chi connectivity index (χ0v) is 14.2. The fourth-order valence-corrected chi connectivity index (χ4v) is 3.38. The van der Waals surface area contributed by atoms with Gasteiger partial charge in [-0.05, 0) is 44.9 Å². The summed E-state index contributed by atoms with van der Waals surface area (Å²) in [5.41, 5.74) is 0. The van der Waals surface area contributed by atoms with Crippen LogP contribution in [0.1, 0.15) is 46.0 Å². The normalized spacial score (nSPS) is 21.5. The summed E-state index contributed by atoms with van der Waals surface area (Å²) in [5.74, 6) is 5.83. The second kappa shape index (κ2) is 9.74. The highest BCUT2D eigenvalue weighted by Gasteiger charge is 2.35. The number of rotatable bonds is 10. The molecule has 0 radical (unpaired) electrons. The van der Waals surface area contributed by atoms with Gasteiger partial charge in [-0.25, -0.2) is 0 Å². The van der Waals surface area contributed by atoms with E-state index in [9.17, 15) is 9.59 Å². The minimum absolute atomic E-state index is 0.0699. The third-order valence-corrected chi connectivity index (χ3v) is 4.50. The predicted molar refractivity (Wildman–Crippen MR) is 88.9 cm³/mol. The van der Waals surface area contributed by atoms with Gasteiger partial charge < -0.3 is 4.90 Å². The van der Waals surface area contributed by atoms with Gasteiger partial charge in [0.05, 0.1) is 0 Å². The van der Waals surface area contributed by atoms with E-state index in [0.717, 1.165) is 51.6 Å². The van der Waals surface area contributed by atoms with E-state index < -0.39 is 0 Å². The summed E-state index contributed by atoms with van der Waals surface area (Å²) < 4.78 is 0. The van der Waals surface area contributed by atoms with Crippen molar-refractivity contribution in [2.75, 3.05) is 20.1 Å². The molecule has 22 heavy (non-hydrogen) atoms. The van der Waals surface area contributed by atoms with Crippen LogP contribution in [0.2, 0.25) is 0 Å². The second-order valence-electron chi connectivity index (χ2n) is 6.45. The topological polar surface area (TPSA) is 66.6 Å². The highest BCUT2D eigenvalue weighted by atomic mass is 16.1. The molecule has 1 aliphatic heterocycles. The van der Waals surface area contributed by atoms with Gasteiger partial charge in [-0.3, -0.25) is 20.4 Å². The Labute approximate surface area is 134 Å². The summed E-state index contributed by atoms with van der Waals surface area (Å²) in [6.45, 7) is 5.40. The molecule has 1 fully saturated rings. The lowest BCUT2D eigenvalue weighted by molar-refractivity contribution is -0.126. The van der Waals surface area contributed by atoms with E-state index in [2.05, 4.69) is 19.1 Å². The van der Waals surface area contributed by atoms with Crippen molar-refractivity contribution in [2.24, 2.45) is 17.7 Å². The molecule has 126 valence electrons. The van der Waals surface area contributed by atoms with Gasteiger partial charge in [-0.1, -0.05) is 19.1 Å². The maximum atomic E-state index is 12.0. The summed E-state index contributed by atoms with van der Waals surface area (Å²) >= 11 is 0. The number of amides is 1. The monoisotopic (exact) mass is 309 g/mol. The van der Waals surface area contributed by atoms with Crippen molar-refractivity contribution in [3.8, 4) is 0 Å². The zero-order valence-electron chi connectivity index (χ0n) is 14.2. The summed E-state index contributed by atoms with van der Waals surface area (Å²) in [6.07, 6.45) is 10.3. The van der Waals surface area contributed by atoms with Crippen LogP contribution in [0.3, 0.4) is 0 Å². The Morgan fingerprint density at radius 2 is 2.18 bits per heavy atom. The summed E-state index contributed by atoms with van der Waals surface area (Å²) in [7, 11) is 1.87. The van der Waals surface area contributed by atoms with Crippen LogP contribution in [-0.4, -0.2) is 48.3 Å². The molecule has 0 aromatic heterocycles. The Kier molecular flexibility index (Phi) is 8.35. The Hall–Kier alpha value is -1.20. The number of likely N-dealkylation sites (tertiary alicyclic amines) is 1. The molecule has 0 spiro atoms. The lowest BCUT2D eigenvalue weighted by atomic mass is 9.82. The molecule has 0 bridgehead atoms. The molecular weight excluding hydrogens is 278 g/mol. The van der Waals surface area contributed by atoms with Gasteiger partial charge in [0, 0.05) is 32.1 Å². The molecule has 1 rings (SSSR count). The number of carbonyl (C=O) groups excluding carboxylic acids is 2. The maximum Gasteiger partial charge on any atom is 0.209 e. The van der Waals surface area contributed by atoms with E-state index in [-0.39, 0.29) is 23.7 Å². The quantitative estimate of drug-likeness (QED) is 0.220. The van der Waals surface area contributed by atoms with Crippen LogP contribution < -0.4 is 5.84 Å². The number of nitrogens with zero attached hydrogens (tertiary/aromatic N) is 2. The number of hydrogen-bond donors (Lipinski definition) is 1. The molecule has 1 heterocycles. The molecule has 0 aromatic carbocycles. The van der Waals surface area contributed by atoms with E-state index >= 15 is 0 Å². The van der Waals surface area contributed by atoms with E-state index in [1.54, 1.807) is 16.8 Å². The van der Waals surface area contributed by atoms with Crippen molar-refractivity contribution in [2.45, 2.75) is 52.0 Å². The zero-order chi connectivity index (χ0) is 16.5. The number of nitrogens with two attached hydrogens (primary N) is 1. The largest absolute Gasteiger partial charge is 0.342 e. The smallest absolute Gasteiger partial charge is 0.209 e. The van der Waals surface area contributed by atoms with Gasteiger partial charge in [0.25, 0.3) is 0 Å². The molecule has 5 nitrogen and oxygen atoms in total. The number of allylic oxidation sites excluding steroid dienone is 2. The van der Waals surface area contributed by atoms with Gasteiger partial charge in [-0.2, -0.15) is 0 Å². The first kappa shape index (κ1) is 18.8. The van der Waals surface area contributed by atoms with Crippen LogP contribution in [0.25, 0.3) is 0 Å². The third kappa shape index (κ3) is 5.89. The average molecular weight is 309 g/mol. The van der Waals surface area contributed by atoms with Gasteiger partial charge in [-0.15, -0.1) is 0 Å². The van der Waals surface area contributed by atoms with E-state index in [1.807, 2.05) is 7.05 Å². The molecule has 5 heteroatoms. The van der Waals surface area contributed by atoms with E-state index in [4.69, 9.17) is 5.84 Å². The first-order valence-corrected chi connectivity index (χ1v) is 8.31. The van der Waals surface area contributed by atoms with Crippen LogP contribution in [0.5, 0.6) is 0 Å². The average Bonchev–Trinajstić information content (AvgIpc) is 2.90. The van der Waals surface area contributed by atoms with Crippen LogP contribution in [0, 0.1) is 11.8 Å². The molecule has 3 unspecified atom stereocenters.